The first-order chi connectivity index (χ1) is 9.49. The van der Waals surface area contributed by atoms with Gasteiger partial charge in [-0.3, -0.25) is 9.59 Å². The third kappa shape index (κ3) is 3.11. The second kappa shape index (κ2) is 5.96. The highest BCUT2D eigenvalue weighted by molar-refractivity contribution is 9.10. The second-order valence-electron chi connectivity index (χ2n) is 4.45. The van der Waals surface area contributed by atoms with Crippen LogP contribution in [0.1, 0.15) is 33.7 Å². The number of Topliss-reactive ketones (excluding diaryl/α,β-unsaturated/α-hetero) is 1. The minimum atomic E-state index is -0.511. The molecule has 0 radical (unpaired) electrons. The number of nitrogens with zero attached hydrogens (tertiary/aromatic N) is 1. The van der Waals surface area contributed by atoms with Crippen molar-refractivity contribution in [3.63, 3.8) is 0 Å². The normalized spacial score (nSPS) is 11.9. The topological polar surface area (TPSA) is 64.0 Å². The quantitative estimate of drug-likeness (QED) is 0.689. The average Bonchev–Trinajstić information content (AvgIpc) is 2.46. The molecule has 0 bridgehead atoms. The van der Waals surface area contributed by atoms with Gasteiger partial charge in [0.05, 0.1) is 0 Å². The zero-order chi connectivity index (χ0) is 14.7. The van der Waals surface area contributed by atoms with Crippen molar-refractivity contribution in [1.29, 1.82) is 0 Å². The Balaban J connectivity index is 2.28. The number of primary amides is 1. The summed E-state index contributed by atoms with van der Waals surface area (Å²) in [6.45, 7) is 1.79. The van der Waals surface area contributed by atoms with Crippen LogP contribution in [0.5, 0.6) is 0 Å². The first-order valence-electron chi connectivity index (χ1n) is 6.09. The number of carbonyl (C=O) groups excluding carboxylic acids is 2. The van der Waals surface area contributed by atoms with E-state index in [0.29, 0.717) is 11.1 Å². The van der Waals surface area contributed by atoms with E-state index >= 15 is 0 Å². The van der Waals surface area contributed by atoms with Crippen LogP contribution in [-0.2, 0) is 0 Å². The van der Waals surface area contributed by atoms with Crippen molar-refractivity contribution in [2.45, 2.75) is 13.0 Å². The summed E-state index contributed by atoms with van der Waals surface area (Å²) >= 11 is 3.33. The summed E-state index contributed by atoms with van der Waals surface area (Å²) in [6.07, 6.45) is 3.33. The summed E-state index contributed by atoms with van der Waals surface area (Å²) in [5, 5.41) is 0. The molecule has 1 aromatic carbocycles. The van der Waals surface area contributed by atoms with Crippen LogP contribution < -0.4 is 10.3 Å². The predicted octanol–water partition coefficient (Wildman–Crippen LogP) is 2.28. The van der Waals surface area contributed by atoms with Crippen molar-refractivity contribution >= 4 is 27.6 Å². The van der Waals surface area contributed by atoms with Crippen LogP contribution in [-0.4, -0.2) is 11.7 Å². The number of hydrogen-bond donors (Lipinski definition) is 1. The number of nitrogens with two attached hydrogens (primary N) is 1. The Kier molecular flexibility index (Phi) is 4.29. The summed E-state index contributed by atoms with van der Waals surface area (Å²) in [5.41, 5.74) is 6.24. The zero-order valence-electron chi connectivity index (χ0n) is 10.9. The van der Waals surface area contributed by atoms with E-state index in [0.717, 1.165) is 4.47 Å². The molecule has 0 spiro atoms. The summed E-state index contributed by atoms with van der Waals surface area (Å²) in [5.74, 6) is -0.535. The van der Waals surface area contributed by atoms with Gasteiger partial charge in [0.2, 0.25) is 11.8 Å². The van der Waals surface area contributed by atoms with E-state index in [2.05, 4.69) is 15.9 Å². The van der Waals surface area contributed by atoms with Gasteiger partial charge in [0.25, 0.3) is 5.91 Å². The lowest BCUT2D eigenvalue weighted by Gasteiger charge is -2.07. The number of rotatable bonds is 4. The van der Waals surface area contributed by atoms with Crippen molar-refractivity contribution in [2.24, 2.45) is 5.73 Å². The number of pyridine rings is 1. The summed E-state index contributed by atoms with van der Waals surface area (Å²) in [6, 6.07) is 10.1. The minimum absolute atomic E-state index is 0.0240. The monoisotopic (exact) mass is 333 g/mol. The minimum Gasteiger partial charge on any atom is -0.365 e. The first kappa shape index (κ1) is 14.4. The Morgan fingerprint density at radius 3 is 2.40 bits per heavy atom. The molecule has 0 saturated heterocycles. The highest BCUT2D eigenvalue weighted by atomic mass is 79.9. The number of benzene rings is 1. The van der Waals surface area contributed by atoms with Gasteiger partial charge in [0.15, 0.2) is 12.4 Å². The molecule has 2 aromatic rings. The first-order valence-corrected chi connectivity index (χ1v) is 6.88. The molecule has 1 amide bonds. The standard InChI is InChI=1S/C15H13BrN2O2/c1-10(14(19)11-4-6-13(16)7-5-11)18-8-2-3-12(9-18)15(17)20/h2-10H,1H3,(H-,17,20)/p+1/t10-/m1/s1. The van der Waals surface area contributed by atoms with Crippen LogP contribution in [0.2, 0.25) is 0 Å². The highest BCUT2D eigenvalue weighted by Crippen LogP contribution is 2.14. The Morgan fingerprint density at radius 2 is 1.80 bits per heavy atom. The molecule has 2 N–H and O–H groups in total. The fourth-order valence-electron chi connectivity index (χ4n) is 1.87. The molecular formula is C15H14BrN2O2+. The van der Waals surface area contributed by atoms with Crippen LogP contribution in [0.4, 0.5) is 0 Å². The molecule has 0 aliphatic carbocycles. The van der Waals surface area contributed by atoms with Gasteiger partial charge in [-0.15, -0.1) is 0 Å². The van der Waals surface area contributed by atoms with E-state index < -0.39 is 11.9 Å². The van der Waals surface area contributed by atoms with Crippen LogP contribution in [0.15, 0.2) is 53.3 Å². The summed E-state index contributed by atoms with van der Waals surface area (Å²) < 4.78 is 2.61. The van der Waals surface area contributed by atoms with Crippen molar-refractivity contribution in [2.75, 3.05) is 0 Å². The van der Waals surface area contributed by atoms with Gasteiger partial charge in [0.1, 0.15) is 5.56 Å². The number of amides is 1. The van der Waals surface area contributed by atoms with Gasteiger partial charge >= 0.3 is 0 Å². The molecule has 1 heterocycles. The molecule has 0 fully saturated rings. The third-order valence-electron chi connectivity index (χ3n) is 3.06. The lowest BCUT2D eigenvalue weighted by atomic mass is 10.1. The van der Waals surface area contributed by atoms with E-state index in [1.165, 1.54) is 0 Å². The van der Waals surface area contributed by atoms with Gasteiger partial charge in [-0.05, 0) is 18.2 Å². The van der Waals surface area contributed by atoms with Gasteiger partial charge in [-0.1, -0.05) is 28.1 Å². The Morgan fingerprint density at radius 1 is 1.15 bits per heavy atom. The summed E-state index contributed by atoms with van der Waals surface area (Å²) in [7, 11) is 0. The number of halogens is 1. The average molecular weight is 334 g/mol. The Labute approximate surface area is 125 Å². The van der Waals surface area contributed by atoms with Gasteiger partial charge in [-0.25, -0.2) is 0 Å². The Hall–Kier alpha value is -2.01. The maximum Gasteiger partial charge on any atom is 0.254 e. The molecule has 102 valence electrons. The molecular weight excluding hydrogens is 320 g/mol. The third-order valence-corrected chi connectivity index (χ3v) is 3.59. The molecule has 20 heavy (non-hydrogen) atoms. The fraction of sp³-hybridized carbons (Fsp3) is 0.133. The van der Waals surface area contributed by atoms with Gasteiger partial charge < -0.3 is 5.73 Å². The van der Waals surface area contributed by atoms with Crippen molar-refractivity contribution in [1.82, 2.24) is 0 Å². The maximum atomic E-state index is 12.4. The van der Waals surface area contributed by atoms with Crippen LogP contribution in [0, 0.1) is 0 Å². The molecule has 0 aliphatic heterocycles. The molecule has 0 saturated carbocycles. The molecule has 1 atom stereocenters. The summed E-state index contributed by atoms with van der Waals surface area (Å²) in [4.78, 5) is 23.6. The van der Waals surface area contributed by atoms with Crippen molar-refractivity contribution in [3.8, 4) is 0 Å². The number of hydrogen-bond acceptors (Lipinski definition) is 2. The van der Waals surface area contributed by atoms with E-state index in [1.807, 2.05) is 12.1 Å². The molecule has 0 aliphatic rings. The SMILES string of the molecule is C[C@H](C(=O)c1ccc(Br)cc1)[n+]1cccc(C(N)=O)c1. The molecule has 2 rings (SSSR count). The molecule has 5 heteroatoms. The smallest absolute Gasteiger partial charge is 0.254 e. The van der Waals surface area contributed by atoms with E-state index in [-0.39, 0.29) is 5.78 Å². The second-order valence-corrected chi connectivity index (χ2v) is 5.37. The number of aromatic nitrogens is 1. The maximum absolute atomic E-state index is 12.4. The van der Waals surface area contributed by atoms with Gasteiger partial charge in [0, 0.05) is 23.0 Å². The zero-order valence-corrected chi connectivity index (χ0v) is 12.5. The highest BCUT2D eigenvalue weighted by Gasteiger charge is 2.24. The van der Waals surface area contributed by atoms with Crippen LogP contribution in [0.3, 0.4) is 0 Å². The number of carbonyl (C=O) groups is 2. The van der Waals surface area contributed by atoms with E-state index in [9.17, 15) is 9.59 Å². The fourth-order valence-corrected chi connectivity index (χ4v) is 2.13. The van der Waals surface area contributed by atoms with Crippen LogP contribution >= 0.6 is 15.9 Å². The molecule has 4 nitrogen and oxygen atoms in total. The van der Waals surface area contributed by atoms with Crippen molar-refractivity contribution in [3.05, 3.63) is 64.4 Å². The lowest BCUT2D eigenvalue weighted by molar-refractivity contribution is -0.704. The largest absolute Gasteiger partial charge is 0.365 e. The number of ketones is 1. The molecule has 0 unspecified atom stereocenters. The van der Waals surface area contributed by atoms with E-state index in [4.69, 9.17) is 5.73 Å². The van der Waals surface area contributed by atoms with Crippen LogP contribution in [0.25, 0.3) is 0 Å². The van der Waals surface area contributed by atoms with E-state index in [1.54, 1.807) is 48.1 Å². The lowest BCUT2D eigenvalue weighted by Crippen LogP contribution is -2.42. The Bertz CT molecular complexity index is 653. The molecule has 1 aromatic heterocycles. The van der Waals surface area contributed by atoms with Gasteiger partial charge in [-0.2, -0.15) is 4.57 Å². The van der Waals surface area contributed by atoms with Crippen molar-refractivity contribution < 1.29 is 14.2 Å². The predicted molar refractivity (Wildman–Crippen MR) is 78.3 cm³/mol.